The predicted molar refractivity (Wildman–Crippen MR) is 114 cm³/mol. The first-order chi connectivity index (χ1) is 14.0. The van der Waals surface area contributed by atoms with Gasteiger partial charge in [0, 0.05) is 20.0 Å². The summed E-state index contributed by atoms with van der Waals surface area (Å²) in [5.74, 6) is 1.99. The van der Waals surface area contributed by atoms with Crippen molar-refractivity contribution in [2.75, 3.05) is 33.1 Å². The molecule has 1 aliphatic heterocycles. The van der Waals surface area contributed by atoms with Crippen molar-refractivity contribution in [3.63, 3.8) is 0 Å². The lowest BCUT2D eigenvalue weighted by atomic mass is 9.83. The molecule has 0 saturated heterocycles. The summed E-state index contributed by atoms with van der Waals surface area (Å²) in [6, 6.07) is 12.1. The molecule has 1 heterocycles. The molecular formula is C23H29NO4S. The van der Waals surface area contributed by atoms with E-state index < -0.39 is 10.0 Å². The van der Waals surface area contributed by atoms with E-state index in [0.29, 0.717) is 19.6 Å². The highest BCUT2D eigenvalue weighted by Gasteiger charge is 2.29. The molecule has 2 aromatic carbocycles. The summed E-state index contributed by atoms with van der Waals surface area (Å²) < 4.78 is 38.9. The summed E-state index contributed by atoms with van der Waals surface area (Å²) in [6.45, 7) is 1.17. The van der Waals surface area contributed by atoms with Crippen LogP contribution in [0.3, 0.4) is 0 Å². The van der Waals surface area contributed by atoms with Crippen molar-refractivity contribution < 1.29 is 17.9 Å². The predicted octanol–water partition coefficient (Wildman–Crippen LogP) is 3.55. The number of ether oxygens (including phenoxy) is 2. The van der Waals surface area contributed by atoms with E-state index in [1.807, 2.05) is 24.3 Å². The summed E-state index contributed by atoms with van der Waals surface area (Å²) in [5, 5.41) is 0. The molecule has 0 N–H and O–H groups in total. The molecule has 0 bridgehead atoms. The van der Waals surface area contributed by atoms with Crippen LogP contribution in [0.25, 0.3) is 0 Å². The molecule has 0 fully saturated rings. The molecular weight excluding hydrogens is 386 g/mol. The summed E-state index contributed by atoms with van der Waals surface area (Å²) in [6.07, 6.45) is 4.43. The third kappa shape index (κ3) is 4.14. The van der Waals surface area contributed by atoms with Crippen molar-refractivity contribution in [3.8, 4) is 11.5 Å². The average molecular weight is 416 g/mol. The SMILES string of the molecule is COc1cccc2c1CCC[C@H]2CS(=O)(=O)N(C)CCc1cccc2c1OCC2. The van der Waals surface area contributed by atoms with Crippen molar-refractivity contribution >= 4 is 10.0 Å². The summed E-state index contributed by atoms with van der Waals surface area (Å²) in [4.78, 5) is 0. The maximum Gasteiger partial charge on any atom is 0.214 e. The molecule has 156 valence electrons. The highest BCUT2D eigenvalue weighted by atomic mass is 32.2. The second kappa shape index (κ2) is 8.36. The molecule has 6 heteroatoms. The molecule has 0 spiro atoms. The van der Waals surface area contributed by atoms with Gasteiger partial charge in [-0.3, -0.25) is 0 Å². The van der Waals surface area contributed by atoms with Crippen LogP contribution in [0.5, 0.6) is 11.5 Å². The Morgan fingerprint density at radius 1 is 1.17 bits per heavy atom. The Labute approximate surface area is 173 Å². The standard InChI is InChI=1S/C23H29NO4S/c1-24(14-12-17-6-3-7-18-13-15-28-23(17)18)29(25,26)16-19-8-4-10-21-20(19)9-5-11-22(21)27-2/h3,5-7,9,11,19H,4,8,10,12-16H2,1-2H3/t19-/m0/s1. The molecule has 5 nitrogen and oxygen atoms in total. The molecule has 0 saturated carbocycles. The fraction of sp³-hybridized carbons (Fsp3) is 0.478. The topological polar surface area (TPSA) is 55.8 Å². The number of para-hydroxylation sites is 1. The Bertz CT molecular complexity index is 986. The average Bonchev–Trinajstić information content (AvgIpc) is 3.21. The monoisotopic (exact) mass is 415 g/mol. The minimum atomic E-state index is -3.35. The lowest BCUT2D eigenvalue weighted by molar-refractivity contribution is 0.352. The number of rotatable bonds is 7. The molecule has 0 radical (unpaired) electrons. The second-order valence-corrected chi connectivity index (χ2v) is 10.1. The lowest BCUT2D eigenvalue weighted by Crippen LogP contribution is -2.34. The Morgan fingerprint density at radius 3 is 2.83 bits per heavy atom. The third-order valence-corrected chi connectivity index (χ3v) is 8.14. The van der Waals surface area contributed by atoms with Crippen LogP contribution in [0.15, 0.2) is 36.4 Å². The smallest absolute Gasteiger partial charge is 0.214 e. The van der Waals surface area contributed by atoms with Gasteiger partial charge in [0.15, 0.2) is 0 Å². The third-order valence-electron chi connectivity index (χ3n) is 6.19. The fourth-order valence-electron chi connectivity index (χ4n) is 4.56. The van der Waals surface area contributed by atoms with E-state index in [0.717, 1.165) is 48.3 Å². The zero-order valence-electron chi connectivity index (χ0n) is 17.2. The lowest BCUT2D eigenvalue weighted by Gasteiger charge is -2.28. The summed E-state index contributed by atoms with van der Waals surface area (Å²) >= 11 is 0. The first-order valence-electron chi connectivity index (χ1n) is 10.3. The van der Waals surface area contributed by atoms with E-state index in [-0.39, 0.29) is 11.7 Å². The van der Waals surface area contributed by atoms with Crippen molar-refractivity contribution in [1.82, 2.24) is 4.31 Å². The van der Waals surface area contributed by atoms with Gasteiger partial charge in [0.05, 0.1) is 19.5 Å². The van der Waals surface area contributed by atoms with Gasteiger partial charge in [-0.1, -0.05) is 30.3 Å². The maximum absolute atomic E-state index is 13.1. The van der Waals surface area contributed by atoms with Gasteiger partial charge in [-0.05, 0) is 59.9 Å². The van der Waals surface area contributed by atoms with Gasteiger partial charge >= 0.3 is 0 Å². The van der Waals surface area contributed by atoms with Gasteiger partial charge in [0.25, 0.3) is 0 Å². The Morgan fingerprint density at radius 2 is 2.00 bits per heavy atom. The number of hydrogen-bond donors (Lipinski definition) is 0. The van der Waals surface area contributed by atoms with Crippen LogP contribution >= 0.6 is 0 Å². The van der Waals surface area contributed by atoms with E-state index >= 15 is 0 Å². The largest absolute Gasteiger partial charge is 0.496 e. The van der Waals surface area contributed by atoms with Gasteiger partial charge in [-0.15, -0.1) is 0 Å². The molecule has 4 rings (SSSR count). The number of likely N-dealkylation sites (N-methyl/N-ethyl adjacent to an activating group) is 1. The van der Waals surface area contributed by atoms with Gasteiger partial charge in [-0.25, -0.2) is 12.7 Å². The van der Waals surface area contributed by atoms with E-state index in [4.69, 9.17) is 9.47 Å². The minimum Gasteiger partial charge on any atom is -0.496 e. The van der Waals surface area contributed by atoms with Crippen LogP contribution in [0.4, 0.5) is 0 Å². The highest BCUT2D eigenvalue weighted by molar-refractivity contribution is 7.89. The van der Waals surface area contributed by atoms with Crippen molar-refractivity contribution in [1.29, 1.82) is 0 Å². The highest BCUT2D eigenvalue weighted by Crippen LogP contribution is 2.37. The number of fused-ring (bicyclic) bond motifs is 2. The van der Waals surface area contributed by atoms with Crippen molar-refractivity contribution in [2.45, 2.75) is 38.0 Å². The van der Waals surface area contributed by atoms with Gasteiger partial charge < -0.3 is 9.47 Å². The fourth-order valence-corrected chi connectivity index (χ4v) is 6.04. The quantitative estimate of drug-likeness (QED) is 0.694. The number of nitrogens with zero attached hydrogens (tertiary/aromatic N) is 1. The number of hydrogen-bond acceptors (Lipinski definition) is 4. The van der Waals surface area contributed by atoms with Gasteiger partial charge in [0.1, 0.15) is 11.5 Å². The molecule has 0 aromatic heterocycles. The molecule has 2 aliphatic rings. The van der Waals surface area contributed by atoms with Gasteiger partial charge in [0.2, 0.25) is 10.0 Å². The zero-order chi connectivity index (χ0) is 20.4. The van der Waals surface area contributed by atoms with Crippen LogP contribution in [0, 0.1) is 0 Å². The molecule has 2 aromatic rings. The maximum atomic E-state index is 13.1. The van der Waals surface area contributed by atoms with Crippen molar-refractivity contribution in [3.05, 3.63) is 58.7 Å². The molecule has 1 atom stereocenters. The van der Waals surface area contributed by atoms with E-state index in [1.54, 1.807) is 14.2 Å². The number of sulfonamides is 1. The van der Waals surface area contributed by atoms with E-state index in [1.165, 1.54) is 15.4 Å². The summed E-state index contributed by atoms with van der Waals surface area (Å²) in [7, 11) is 0.00885. The Kier molecular flexibility index (Phi) is 5.83. The number of benzene rings is 2. The normalized spacial score (nSPS) is 18.2. The first kappa shape index (κ1) is 20.2. The van der Waals surface area contributed by atoms with Gasteiger partial charge in [-0.2, -0.15) is 0 Å². The zero-order valence-corrected chi connectivity index (χ0v) is 18.0. The molecule has 1 aliphatic carbocycles. The van der Waals surface area contributed by atoms with Crippen LogP contribution in [0.2, 0.25) is 0 Å². The second-order valence-electron chi connectivity index (χ2n) is 7.97. The van der Waals surface area contributed by atoms with Crippen LogP contribution < -0.4 is 9.47 Å². The Balaban J connectivity index is 1.45. The molecule has 29 heavy (non-hydrogen) atoms. The van der Waals surface area contributed by atoms with Crippen molar-refractivity contribution in [2.24, 2.45) is 0 Å². The summed E-state index contributed by atoms with van der Waals surface area (Å²) in [5.41, 5.74) is 4.61. The molecule has 0 amide bonds. The van der Waals surface area contributed by atoms with E-state index in [9.17, 15) is 8.42 Å². The van der Waals surface area contributed by atoms with Crippen LogP contribution in [-0.4, -0.2) is 45.8 Å². The van der Waals surface area contributed by atoms with E-state index in [2.05, 4.69) is 12.1 Å². The first-order valence-corrected chi connectivity index (χ1v) is 11.9. The number of methoxy groups -OCH3 is 1. The minimum absolute atomic E-state index is 0.0191. The van der Waals surface area contributed by atoms with Crippen LogP contribution in [-0.2, 0) is 29.3 Å². The molecule has 0 unspecified atom stereocenters. The Hall–Kier alpha value is -2.05. The van der Waals surface area contributed by atoms with Crippen LogP contribution in [0.1, 0.15) is 41.0 Å².